The average Bonchev–Trinajstić information content (AvgIpc) is 2.65. The molecule has 1 unspecified atom stereocenters. The van der Waals surface area contributed by atoms with Gasteiger partial charge in [-0.2, -0.15) is 0 Å². The van der Waals surface area contributed by atoms with E-state index in [2.05, 4.69) is 26.1 Å². The number of hydrogen-bond acceptors (Lipinski definition) is 2. The van der Waals surface area contributed by atoms with E-state index in [0.717, 1.165) is 12.3 Å². The molecular formula is C13H23NO. The number of furan rings is 1. The summed E-state index contributed by atoms with van der Waals surface area (Å²) < 4.78 is 5.56. The Labute approximate surface area is 93.1 Å². The van der Waals surface area contributed by atoms with Crippen molar-refractivity contribution in [3.05, 3.63) is 23.7 Å². The average molecular weight is 209 g/mol. The van der Waals surface area contributed by atoms with E-state index >= 15 is 0 Å². The molecule has 1 aromatic heterocycles. The van der Waals surface area contributed by atoms with Crippen LogP contribution in [0.15, 0.2) is 16.7 Å². The van der Waals surface area contributed by atoms with Gasteiger partial charge >= 0.3 is 0 Å². The maximum atomic E-state index is 5.56. The fourth-order valence-electron chi connectivity index (χ4n) is 1.79. The van der Waals surface area contributed by atoms with Crippen LogP contribution in [0.25, 0.3) is 0 Å². The van der Waals surface area contributed by atoms with Crippen LogP contribution in [0.4, 0.5) is 0 Å². The number of unbranched alkanes of at least 4 members (excludes halogenated alkanes) is 1. The highest BCUT2D eigenvalue weighted by molar-refractivity contribution is 5.18. The van der Waals surface area contributed by atoms with E-state index in [1.54, 1.807) is 6.26 Å². The predicted octanol–water partition coefficient (Wildman–Crippen LogP) is 3.82. The molecule has 0 aliphatic rings. The zero-order valence-corrected chi connectivity index (χ0v) is 10.2. The largest absolute Gasteiger partial charge is 0.467 e. The second-order valence-electron chi connectivity index (χ2n) is 4.12. The van der Waals surface area contributed by atoms with E-state index in [0.29, 0.717) is 6.04 Å². The van der Waals surface area contributed by atoms with Gasteiger partial charge in [0.05, 0.1) is 12.3 Å². The third kappa shape index (κ3) is 3.71. The minimum Gasteiger partial charge on any atom is -0.467 e. The van der Waals surface area contributed by atoms with Gasteiger partial charge in [-0.15, -0.1) is 0 Å². The summed E-state index contributed by atoms with van der Waals surface area (Å²) in [6.45, 7) is 7.60. The van der Waals surface area contributed by atoms with Gasteiger partial charge in [-0.3, -0.25) is 0 Å². The number of nitrogens with one attached hydrogen (secondary N) is 1. The van der Waals surface area contributed by atoms with E-state index in [1.165, 1.54) is 31.2 Å². The van der Waals surface area contributed by atoms with Crippen LogP contribution >= 0.6 is 0 Å². The van der Waals surface area contributed by atoms with Crippen LogP contribution in [0.2, 0.25) is 0 Å². The molecule has 1 rings (SSSR count). The second-order valence-corrected chi connectivity index (χ2v) is 4.12. The van der Waals surface area contributed by atoms with E-state index in [4.69, 9.17) is 4.42 Å². The van der Waals surface area contributed by atoms with Crippen molar-refractivity contribution in [3.63, 3.8) is 0 Å². The molecule has 0 aliphatic heterocycles. The fraction of sp³-hybridized carbons (Fsp3) is 0.692. The maximum Gasteiger partial charge on any atom is 0.123 e. The van der Waals surface area contributed by atoms with Gasteiger partial charge in [0.25, 0.3) is 0 Å². The summed E-state index contributed by atoms with van der Waals surface area (Å²) in [7, 11) is 0. The summed E-state index contributed by atoms with van der Waals surface area (Å²) in [6, 6.07) is 2.45. The van der Waals surface area contributed by atoms with Crippen molar-refractivity contribution in [2.24, 2.45) is 0 Å². The number of aryl methyl sites for hydroxylation is 1. The third-order valence-corrected chi connectivity index (χ3v) is 2.71. The van der Waals surface area contributed by atoms with Crippen LogP contribution in [0.1, 0.15) is 56.9 Å². The monoisotopic (exact) mass is 209 g/mol. The molecule has 0 spiro atoms. The summed E-state index contributed by atoms with van der Waals surface area (Å²) in [5.41, 5.74) is 1.26. The first kappa shape index (κ1) is 12.3. The first-order chi connectivity index (χ1) is 7.29. The molecule has 0 bridgehead atoms. The van der Waals surface area contributed by atoms with Crippen molar-refractivity contribution in [1.29, 1.82) is 0 Å². The highest BCUT2D eigenvalue weighted by Gasteiger charge is 2.15. The summed E-state index contributed by atoms with van der Waals surface area (Å²) in [6.07, 6.45) is 6.62. The topological polar surface area (TPSA) is 25.2 Å². The molecule has 0 amide bonds. The van der Waals surface area contributed by atoms with Gasteiger partial charge in [-0.05, 0) is 37.9 Å². The van der Waals surface area contributed by atoms with Crippen molar-refractivity contribution in [1.82, 2.24) is 5.32 Å². The van der Waals surface area contributed by atoms with Gasteiger partial charge in [-0.25, -0.2) is 0 Å². The fourth-order valence-corrected chi connectivity index (χ4v) is 1.79. The lowest BCUT2D eigenvalue weighted by Crippen LogP contribution is -2.22. The van der Waals surface area contributed by atoms with Gasteiger partial charge in [0.2, 0.25) is 0 Å². The van der Waals surface area contributed by atoms with Crippen LogP contribution in [0.3, 0.4) is 0 Å². The molecule has 2 heteroatoms. The standard InChI is InChI=1S/C13H23NO/c1-4-6-7-12(14-9-5-2)13-11(3)8-10-15-13/h8,10,12,14H,4-7,9H2,1-3H3. The Hall–Kier alpha value is -0.760. The summed E-state index contributed by atoms with van der Waals surface area (Å²) in [4.78, 5) is 0. The Morgan fingerprint density at radius 1 is 1.33 bits per heavy atom. The van der Waals surface area contributed by atoms with E-state index in [1.807, 2.05) is 6.07 Å². The first-order valence-electron chi connectivity index (χ1n) is 6.07. The Morgan fingerprint density at radius 3 is 2.67 bits per heavy atom. The van der Waals surface area contributed by atoms with Crippen molar-refractivity contribution >= 4 is 0 Å². The minimum absolute atomic E-state index is 0.403. The third-order valence-electron chi connectivity index (χ3n) is 2.71. The van der Waals surface area contributed by atoms with Crippen LogP contribution in [-0.4, -0.2) is 6.54 Å². The molecule has 15 heavy (non-hydrogen) atoms. The SMILES string of the molecule is CCCCC(NCCC)c1occc1C. The zero-order chi connectivity index (χ0) is 11.1. The molecule has 1 N–H and O–H groups in total. The second kappa shape index (κ2) is 6.67. The van der Waals surface area contributed by atoms with Gasteiger partial charge in [0, 0.05) is 0 Å². The predicted molar refractivity (Wildman–Crippen MR) is 64.0 cm³/mol. The molecule has 1 atom stereocenters. The van der Waals surface area contributed by atoms with E-state index < -0.39 is 0 Å². The van der Waals surface area contributed by atoms with Crippen molar-refractivity contribution < 1.29 is 4.42 Å². The summed E-state index contributed by atoms with van der Waals surface area (Å²) in [5.74, 6) is 1.12. The number of hydrogen-bond donors (Lipinski definition) is 1. The van der Waals surface area contributed by atoms with Crippen molar-refractivity contribution in [2.45, 2.75) is 52.5 Å². The van der Waals surface area contributed by atoms with Crippen LogP contribution < -0.4 is 5.32 Å². The van der Waals surface area contributed by atoms with Crippen LogP contribution in [0.5, 0.6) is 0 Å². The molecule has 2 nitrogen and oxygen atoms in total. The van der Waals surface area contributed by atoms with Gasteiger partial charge in [0.15, 0.2) is 0 Å². The van der Waals surface area contributed by atoms with Gasteiger partial charge in [-0.1, -0.05) is 26.7 Å². The van der Waals surface area contributed by atoms with Gasteiger partial charge in [0.1, 0.15) is 5.76 Å². The number of rotatable bonds is 7. The molecule has 1 aromatic rings. The summed E-state index contributed by atoms with van der Waals surface area (Å²) >= 11 is 0. The van der Waals surface area contributed by atoms with Crippen molar-refractivity contribution in [2.75, 3.05) is 6.54 Å². The molecule has 0 aromatic carbocycles. The zero-order valence-electron chi connectivity index (χ0n) is 10.2. The first-order valence-corrected chi connectivity index (χ1v) is 6.07. The summed E-state index contributed by atoms with van der Waals surface area (Å²) in [5, 5.41) is 3.55. The van der Waals surface area contributed by atoms with Crippen molar-refractivity contribution in [3.8, 4) is 0 Å². The minimum atomic E-state index is 0.403. The smallest absolute Gasteiger partial charge is 0.123 e. The molecule has 86 valence electrons. The normalized spacial score (nSPS) is 13.0. The quantitative estimate of drug-likeness (QED) is 0.738. The van der Waals surface area contributed by atoms with Crippen LogP contribution in [-0.2, 0) is 0 Å². The Bertz CT molecular complexity index is 259. The highest BCUT2D eigenvalue weighted by atomic mass is 16.3. The molecule has 0 radical (unpaired) electrons. The van der Waals surface area contributed by atoms with E-state index in [9.17, 15) is 0 Å². The van der Waals surface area contributed by atoms with Crippen LogP contribution in [0, 0.1) is 6.92 Å². The lowest BCUT2D eigenvalue weighted by molar-refractivity contribution is 0.386. The molecule has 0 saturated carbocycles. The van der Waals surface area contributed by atoms with Gasteiger partial charge < -0.3 is 9.73 Å². The van der Waals surface area contributed by atoms with E-state index in [-0.39, 0.29) is 0 Å². The highest BCUT2D eigenvalue weighted by Crippen LogP contribution is 2.23. The molecule has 0 saturated heterocycles. The molecular weight excluding hydrogens is 186 g/mol. The Balaban J connectivity index is 2.58. The molecule has 1 heterocycles. The lowest BCUT2D eigenvalue weighted by atomic mass is 10.0. The maximum absolute atomic E-state index is 5.56. The lowest BCUT2D eigenvalue weighted by Gasteiger charge is -2.16. The molecule has 0 aliphatic carbocycles. The Morgan fingerprint density at radius 2 is 2.13 bits per heavy atom. The Kier molecular flexibility index (Phi) is 5.48. The molecule has 0 fully saturated rings.